The van der Waals surface area contributed by atoms with Crippen LogP contribution in [-0.2, 0) is 17.9 Å². The van der Waals surface area contributed by atoms with Gasteiger partial charge in [-0.05, 0) is 48.7 Å². The van der Waals surface area contributed by atoms with Crippen LogP contribution < -0.4 is 15.0 Å². The number of hydrogen-bond donors (Lipinski definition) is 1. The molecule has 2 amide bonds. The van der Waals surface area contributed by atoms with E-state index < -0.39 is 0 Å². The first kappa shape index (κ1) is 20.1. The van der Waals surface area contributed by atoms with Gasteiger partial charge in [-0.2, -0.15) is 0 Å². The first-order chi connectivity index (χ1) is 14.7. The molecule has 0 unspecified atom stereocenters. The quantitative estimate of drug-likeness (QED) is 0.622. The molecule has 1 aromatic heterocycles. The Bertz CT molecular complexity index is 1000. The summed E-state index contributed by atoms with van der Waals surface area (Å²) in [4.78, 5) is 30.6. The van der Waals surface area contributed by atoms with E-state index in [1.54, 1.807) is 23.7 Å². The second-order valence-electron chi connectivity index (χ2n) is 7.15. The fourth-order valence-electron chi connectivity index (χ4n) is 3.35. The number of aromatic nitrogens is 1. The van der Waals surface area contributed by atoms with E-state index in [-0.39, 0.29) is 11.8 Å². The monoisotopic (exact) mass is 421 g/mol. The van der Waals surface area contributed by atoms with Gasteiger partial charge in [0.25, 0.3) is 5.91 Å². The molecule has 6 nitrogen and oxygen atoms in total. The molecule has 4 rings (SSSR count). The maximum atomic E-state index is 12.5. The molecule has 3 aromatic rings. The Morgan fingerprint density at radius 3 is 2.80 bits per heavy atom. The zero-order chi connectivity index (χ0) is 20.8. The molecule has 1 aliphatic heterocycles. The third-order valence-corrected chi connectivity index (χ3v) is 5.63. The molecular weight excluding hydrogens is 398 g/mol. The molecule has 7 heteroatoms. The van der Waals surface area contributed by atoms with Crippen molar-refractivity contribution < 1.29 is 14.3 Å². The van der Waals surface area contributed by atoms with Crippen molar-refractivity contribution in [2.45, 2.75) is 32.4 Å². The number of hydrogen-bond acceptors (Lipinski definition) is 5. The average molecular weight is 422 g/mol. The Labute approximate surface area is 179 Å². The lowest BCUT2D eigenvalue weighted by Gasteiger charge is -2.26. The highest BCUT2D eigenvalue weighted by molar-refractivity contribution is 7.07. The minimum atomic E-state index is -0.163. The number of thiazole rings is 1. The first-order valence-electron chi connectivity index (χ1n) is 9.96. The molecule has 1 saturated heterocycles. The van der Waals surface area contributed by atoms with E-state index in [0.29, 0.717) is 30.9 Å². The van der Waals surface area contributed by atoms with E-state index >= 15 is 0 Å². The maximum absolute atomic E-state index is 12.5. The molecule has 0 spiro atoms. The summed E-state index contributed by atoms with van der Waals surface area (Å²) < 4.78 is 5.72. The smallest absolute Gasteiger partial charge is 0.251 e. The van der Waals surface area contributed by atoms with Gasteiger partial charge in [0.1, 0.15) is 12.4 Å². The largest absolute Gasteiger partial charge is 0.487 e. The summed E-state index contributed by atoms with van der Waals surface area (Å²) >= 11 is 1.52. The lowest BCUT2D eigenvalue weighted by atomic mass is 10.1. The summed E-state index contributed by atoms with van der Waals surface area (Å²) in [6.45, 7) is 1.56. The van der Waals surface area contributed by atoms with Crippen molar-refractivity contribution in [2.75, 3.05) is 11.4 Å². The van der Waals surface area contributed by atoms with Crippen LogP contribution in [0.15, 0.2) is 59.4 Å². The molecule has 1 fully saturated rings. The van der Waals surface area contributed by atoms with Crippen molar-refractivity contribution in [3.8, 4) is 5.75 Å². The fraction of sp³-hybridized carbons (Fsp3) is 0.261. The average Bonchev–Trinajstić information content (AvgIpc) is 3.31. The number of ether oxygens (including phenoxy) is 1. The molecule has 2 heterocycles. The van der Waals surface area contributed by atoms with E-state index in [1.165, 1.54) is 11.3 Å². The highest BCUT2D eigenvalue weighted by atomic mass is 32.1. The third kappa shape index (κ3) is 5.04. The van der Waals surface area contributed by atoms with Crippen molar-refractivity contribution in [3.63, 3.8) is 0 Å². The van der Waals surface area contributed by atoms with E-state index in [4.69, 9.17) is 4.74 Å². The van der Waals surface area contributed by atoms with Crippen molar-refractivity contribution >= 4 is 28.8 Å². The molecule has 0 bridgehead atoms. The second-order valence-corrected chi connectivity index (χ2v) is 7.87. The topological polar surface area (TPSA) is 71.5 Å². The van der Waals surface area contributed by atoms with Gasteiger partial charge in [0.15, 0.2) is 0 Å². The zero-order valence-corrected chi connectivity index (χ0v) is 17.4. The molecule has 30 heavy (non-hydrogen) atoms. The van der Waals surface area contributed by atoms with Crippen LogP contribution >= 0.6 is 11.3 Å². The number of carbonyl (C=O) groups is 2. The Morgan fingerprint density at radius 2 is 2.03 bits per heavy atom. The lowest BCUT2D eigenvalue weighted by molar-refractivity contribution is -0.119. The summed E-state index contributed by atoms with van der Waals surface area (Å²) in [7, 11) is 0. The van der Waals surface area contributed by atoms with Crippen molar-refractivity contribution in [3.05, 3.63) is 76.2 Å². The van der Waals surface area contributed by atoms with Gasteiger partial charge in [0, 0.05) is 36.1 Å². The van der Waals surface area contributed by atoms with Gasteiger partial charge in [-0.25, -0.2) is 4.98 Å². The number of amides is 2. The van der Waals surface area contributed by atoms with Gasteiger partial charge in [0.05, 0.1) is 11.2 Å². The number of piperidine rings is 1. The standard InChI is InChI=1S/C23H23N3O3S/c27-22-6-1-2-11-26(22)20-9-7-17(8-10-20)13-24-23(28)18-4-3-5-21(12-18)29-14-19-15-30-16-25-19/h3-5,7-10,12,15-16H,1-2,6,11,13-14H2,(H,24,28). The van der Waals surface area contributed by atoms with Crippen LogP contribution in [0.25, 0.3) is 0 Å². The van der Waals surface area contributed by atoms with E-state index in [9.17, 15) is 9.59 Å². The Balaban J connectivity index is 1.32. The minimum Gasteiger partial charge on any atom is -0.487 e. The van der Waals surface area contributed by atoms with E-state index in [1.807, 2.05) is 40.6 Å². The number of nitrogens with zero attached hydrogens (tertiary/aromatic N) is 2. The van der Waals surface area contributed by atoms with E-state index in [2.05, 4.69) is 10.3 Å². The first-order valence-corrected chi connectivity index (χ1v) is 10.9. The molecule has 1 aliphatic rings. The summed E-state index contributed by atoms with van der Waals surface area (Å²) in [6, 6.07) is 14.9. The Kier molecular flexibility index (Phi) is 6.39. The fourth-order valence-corrected chi connectivity index (χ4v) is 3.89. The number of nitrogens with one attached hydrogen (secondary N) is 1. The number of anilines is 1. The van der Waals surface area contributed by atoms with Gasteiger partial charge in [-0.15, -0.1) is 11.3 Å². The molecule has 0 aliphatic carbocycles. The highest BCUT2D eigenvalue weighted by Gasteiger charge is 2.19. The SMILES string of the molecule is O=C(NCc1ccc(N2CCCCC2=O)cc1)c1cccc(OCc2cscn2)c1. The van der Waals surface area contributed by atoms with E-state index in [0.717, 1.165) is 36.3 Å². The van der Waals surface area contributed by atoms with Crippen LogP contribution in [-0.4, -0.2) is 23.3 Å². The van der Waals surface area contributed by atoms with Gasteiger partial charge in [-0.3, -0.25) is 9.59 Å². The number of carbonyl (C=O) groups excluding carboxylic acids is 2. The summed E-state index contributed by atoms with van der Waals surface area (Å²) in [5, 5.41) is 4.87. The molecule has 0 atom stereocenters. The second kappa shape index (κ2) is 9.54. The summed E-state index contributed by atoms with van der Waals surface area (Å²) in [5.41, 5.74) is 5.07. The van der Waals surface area contributed by atoms with Crippen LogP contribution in [0.2, 0.25) is 0 Å². The summed E-state index contributed by atoms with van der Waals surface area (Å²) in [6.07, 6.45) is 2.62. The number of benzene rings is 2. The minimum absolute atomic E-state index is 0.163. The predicted octanol–water partition coefficient (Wildman–Crippen LogP) is 4.17. The predicted molar refractivity (Wildman–Crippen MR) is 117 cm³/mol. The van der Waals surface area contributed by atoms with Crippen LogP contribution in [0.3, 0.4) is 0 Å². The molecule has 154 valence electrons. The van der Waals surface area contributed by atoms with Crippen LogP contribution in [0.1, 0.15) is 40.9 Å². The highest BCUT2D eigenvalue weighted by Crippen LogP contribution is 2.21. The van der Waals surface area contributed by atoms with Gasteiger partial charge in [0.2, 0.25) is 5.91 Å². The normalized spacial score (nSPS) is 13.9. The number of rotatable bonds is 7. The van der Waals surface area contributed by atoms with Gasteiger partial charge < -0.3 is 15.0 Å². The van der Waals surface area contributed by atoms with Crippen LogP contribution in [0.5, 0.6) is 5.75 Å². The van der Waals surface area contributed by atoms with Gasteiger partial charge >= 0.3 is 0 Å². The Hall–Kier alpha value is -3.19. The summed E-state index contributed by atoms with van der Waals surface area (Å²) in [5.74, 6) is 0.648. The van der Waals surface area contributed by atoms with Crippen molar-refractivity contribution in [1.82, 2.24) is 10.3 Å². The van der Waals surface area contributed by atoms with Crippen LogP contribution in [0.4, 0.5) is 5.69 Å². The molecule has 2 aromatic carbocycles. The molecule has 0 radical (unpaired) electrons. The van der Waals surface area contributed by atoms with Crippen molar-refractivity contribution in [1.29, 1.82) is 0 Å². The maximum Gasteiger partial charge on any atom is 0.251 e. The molecule has 0 saturated carbocycles. The molecule has 1 N–H and O–H groups in total. The zero-order valence-electron chi connectivity index (χ0n) is 16.5. The van der Waals surface area contributed by atoms with Crippen molar-refractivity contribution in [2.24, 2.45) is 0 Å². The van der Waals surface area contributed by atoms with Crippen LogP contribution in [0, 0.1) is 0 Å². The Morgan fingerprint density at radius 1 is 1.17 bits per heavy atom. The molecular formula is C23H23N3O3S. The lowest BCUT2D eigenvalue weighted by Crippen LogP contribution is -2.35. The van der Waals surface area contributed by atoms with Gasteiger partial charge in [-0.1, -0.05) is 18.2 Å². The third-order valence-electron chi connectivity index (χ3n) is 4.99.